The third-order valence-corrected chi connectivity index (χ3v) is 2.59. The van der Waals surface area contributed by atoms with Crippen molar-refractivity contribution >= 4 is 5.69 Å². The largest absolute Gasteiger partial charge is 0.420 e. The minimum atomic E-state index is -0.137. The van der Waals surface area contributed by atoms with E-state index in [-0.39, 0.29) is 5.41 Å². The van der Waals surface area contributed by atoms with Crippen molar-refractivity contribution < 1.29 is 4.42 Å². The molecule has 0 aliphatic carbocycles. The summed E-state index contributed by atoms with van der Waals surface area (Å²) in [4.78, 5) is 0. The normalized spacial score (nSPS) is 11.8. The molecule has 90 valence electrons. The highest BCUT2D eigenvalue weighted by Crippen LogP contribution is 2.26. The molecule has 1 aromatic heterocycles. The molecule has 2 rings (SSSR count). The number of rotatable bonds is 1. The number of aromatic nitrogens is 2. The SMILES string of the molecule is Cc1ccc(-c2nnc(C(C)(C)C)o2)cc1N. The summed E-state index contributed by atoms with van der Waals surface area (Å²) in [6.45, 7) is 8.07. The highest BCUT2D eigenvalue weighted by Gasteiger charge is 2.21. The number of benzene rings is 1. The van der Waals surface area contributed by atoms with E-state index in [0.29, 0.717) is 11.8 Å². The molecule has 4 nitrogen and oxygen atoms in total. The maximum Gasteiger partial charge on any atom is 0.247 e. The van der Waals surface area contributed by atoms with E-state index >= 15 is 0 Å². The molecule has 0 aliphatic rings. The fraction of sp³-hybridized carbons (Fsp3) is 0.385. The Kier molecular flexibility index (Phi) is 2.65. The number of nitrogens with zero attached hydrogens (tertiary/aromatic N) is 2. The predicted molar refractivity (Wildman–Crippen MR) is 67.6 cm³/mol. The van der Waals surface area contributed by atoms with Crippen molar-refractivity contribution in [3.8, 4) is 11.5 Å². The zero-order chi connectivity index (χ0) is 12.6. The summed E-state index contributed by atoms with van der Waals surface area (Å²) in [6.07, 6.45) is 0. The standard InChI is InChI=1S/C13H17N3O/c1-8-5-6-9(7-10(8)14)11-15-16-12(17-11)13(2,3)4/h5-7H,14H2,1-4H3. The van der Waals surface area contributed by atoms with Gasteiger partial charge in [-0.1, -0.05) is 26.8 Å². The average molecular weight is 231 g/mol. The molecule has 2 N–H and O–H groups in total. The highest BCUT2D eigenvalue weighted by molar-refractivity contribution is 5.62. The summed E-state index contributed by atoms with van der Waals surface area (Å²) < 4.78 is 5.65. The molecule has 0 spiro atoms. The molecular weight excluding hydrogens is 214 g/mol. The lowest BCUT2D eigenvalue weighted by atomic mass is 9.97. The Bertz CT molecular complexity index is 538. The van der Waals surface area contributed by atoms with Gasteiger partial charge in [0, 0.05) is 16.7 Å². The third kappa shape index (κ3) is 2.30. The van der Waals surface area contributed by atoms with Crippen molar-refractivity contribution in [1.29, 1.82) is 0 Å². The van der Waals surface area contributed by atoms with Gasteiger partial charge in [0.05, 0.1) is 0 Å². The summed E-state index contributed by atoms with van der Waals surface area (Å²) in [5, 5.41) is 8.11. The van der Waals surface area contributed by atoms with Crippen LogP contribution in [0, 0.1) is 6.92 Å². The zero-order valence-corrected chi connectivity index (χ0v) is 10.6. The molecule has 0 fully saturated rings. The second-order valence-corrected chi connectivity index (χ2v) is 5.23. The van der Waals surface area contributed by atoms with Crippen molar-refractivity contribution in [2.24, 2.45) is 0 Å². The molecule has 0 saturated carbocycles. The fourth-order valence-electron chi connectivity index (χ4n) is 1.42. The second kappa shape index (κ2) is 3.87. The van der Waals surface area contributed by atoms with Gasteiger partial charge in [-0.2, -0.15) is 0 Å². The Balaban J connectivity index is 2.40. The van der Waals surface area contributed by atoms with Gasteiger partial charge in [-0.15, -0.1) is 10.2 Å². The van der Waals surface area contributed by atoms with Crippen LogP contribution in [-0.2, 0) is 5.41 Å². The summed E-state index contributed by atoms with van der Waals surface area (Å²) in [5.41, 5.74) is 8.36. The van der Waals surface area contributed by atoms with Crippen LogP contribution in [0.2, 0.25) is 0 Å². The molecule has 2 aromatic rings. The van der Waals surface area contributed by atoms with Crippen LogP contribution in [0.3, 0.4) is 0 Å². The quantitative estimate of drug-likeness (QED) is 0.766. The lowest BCUT2D eigenvalue weighted by molar-refractivity contribution is 0.399. The van der Waals surface area contributed by atoms with E-state index in [2.05, 4.69) is 10.2 Å². The second-order valence-electron chi connectivity index (χ2n) is 5.23. The lowest BCUT2D eigenvalue weighted by Gasteiger charge is -2.11. The number of anilines is 1. The summed E-state index contributed by atoms with van der Waals surface area (Å²) in [6, 6.07) is 5.74. The van der Waals surface area contributed by atoms with Crippen molar-refractivity contribution in [1.82, 2.24) is 10.2 Å². The van der Waals surface area contributed by atoms with Gasteiger partial charge in [-0.05, 0) is 24.6 Å². The number of hydrogen-bond donors (Lipinski definition) is 1. The monoisotopic (exact) mass is 231 g/mol. The van der Waals surface area contributed by atoms with Gasteiger partial charge in [0.25, 0.3) is 0 Å². The van der Waals surface area contributed by atoms with Gasteiger partial charge in [0.1, 0.15) is 0 Å². The van der Waals surface area contributed by atoms with Crippen molar-refractivity contribution in [3.05, 3.63) is 29.7 Å². The van der Waals surface area contributed by atoms with E-state index in [9.17, 15) is 0 Å². The van der Waals surface area contributed by atoms with Crippen molar-refractivity contribution in [3.63, 3.8) is 0 Å². The molecule has 1 heterocycles. The van der Waals surface area contributed by atoms with Gasteiger partial charge in [0.15, 0.2) is 0 Å². The van der Waals surface area contributed by atoms with Crippen LogP contribution >= 0.6 is 0 Å². The zero-order valence-electron chi connectivity index (χ0n) is 10.6. The van der Waals surface area contributed by atoms with E-state index in [1.807, 2.05) is 45.9 Å². The van der Waals surface area contributed by atoms with E-state index in [0.717, 1.165) is 16.8 Å². The van der Waals surface area contributed by atoms with Crippen LogP contribution in [0.5, 0.6) is 0 Å². The Hall–Kier alpha value is -1.84. The Morgan fingerprint density at radius 2 is 1.88 bits per heavy atom. The molecular formula is C13H17N3O. The highest BCUT2D eigenvalue weighted by atomic mass is 16.4. The molecule has 1 aromatic carbocycles. The van der Waals surface area contributed by atoms with Crippen LogP contribution in [0.15, 0.2) is 22.6 Å². The van der Waals surface area contributed by atoms with Gasteiger partial charge < -0.3 is 10.2 Å². The van der Waals surface area contributed by atoms with E-state index < -0.39 is 0 Å². The molecule has 0 aliphatic heterocycles. The van der Waals surface area contributed by atoms with Gasteiger partial charge in [-0.3, -0.25) is 0 Å². The van der Waals surface area contributed by atoms with E-state index in [1.165, 1.54) is 0 Å². The Morgan fingerprint density at radius 1 is 1.18 bits per heavy atom. The number of aryl methyl sites for hydroxylation is 1. The fourth-order valence-corrected chi connectivity index (χ4v) is 1.42. The number of hydrogen-bond acceptors (Lipinski definition) is 4. The van der Waals surface area contributed by atoms with Crippen LogP contribution in [-0.4, -0.2) is 10.2 Å². The maximum absolute atomic E-state index is 5.86. The minimum absolute atomic E-state index is 0.137. The van der Waals surface area contributed by atoms with Crippen LogP contribution in [0.4, 0.5) is 5.69 Å². The molecule has 0 unspecified atom stereocenters. The first-order valence-corrected chi connectivity index (χ1v) is 5.58. The molecule has 0 amide bonds. The Morgan fingerprint density at radius 3 is 2.41 bits per heavy atom. The van der Waals surface area contributed by atoms with Crippen LogP contribution < -0.4 is 5.73 Å². The van der Waals surface area contributed by atoms with Crippen LogP contribution in [0.25, 0.3) is 11.5 Å². The Labute approximate surface area is 101 Å². The molecule has 0 bridgehead atoms. The van der Waals surface area contributed by atoms with Crippen molar-refractivity contribution in [2.45, 2.75) is 33.1 Å². The summed E-state index contributed by atoms with van der Waals surface area (Å²) >= 11 is 0. The molecule has 0 saturated heterocycles. The number of nitrogens with two attached hydrogens (primary N) is 1. The topological polar surface area (TPSA) is 64.9 Å². The minimum Gasteiger partial charge on any atom is -0.420 e. The first-order valence-electron chi connectivity index (χ1n) is 5.58. The maximum atomic E-state index is 5.86. The van der Waals surface area contributed by atoms with Crippen LogP contribution in [0.1, 0.15) is 32.2 Å². The van der Waals surface area contributed by atoms with E-state index in [1.54, 1.807) is 0 Å². The van der Waals surface area contributed by atoms with Gasteiger partial charge >= 0.3 is 0 Å². The summed E-state index contributed by atoms with van der Waals surface area (Å²) in [7, 11) is 0. The molecule has 0 atom stereocenters. The molecule has 4 heteroatoms. The first-order chi connectivity index (χ1) is 7.88. The molecule has 0 radical (unpaired) electrons. The molecule has 17 heavy (non-hydrogen) atoms. The lowest BCUT2D eigenvalue weighted by Crippen LogP contribution is -2.11. The van der Waals surface area contributed by atoms with Gasteiger partial charge in [-0.25, -0.2) is 0 Å². The third-order valence-electron chi connectivity index (χ3n) is 2.59. The predicted octanol–water partition coefficient (Wildman–Crippen LogP) is 2.92. The number of nitrogen functional groups attached to an aromatic ring is 1. The smallest absolute Gasteiger partial charge is 0.247 e. The first kappa shape index (κ1) is 11.6. The van der Waals surface area contributed by atoms with E-state index in [4.69, 9.17) is 10.2 Å². The average Bonchev–Trinajstić information content (AvgIpc) is 2.70. The van der Waals surface area contributed by atoms with Crippen molar-refractivity contribution in [2.75, 3.05) is 5.73 Å². The van der Waals surface area contributed by atoms with Gasteiger partial charge in [0.2, 0.25) is 11.8 Å². The summed E-state index contributed by atoms with van der Waals surface area (Å²) in [5.74, 6) is 1.15.